The largest absolute Gasteiger partial charge is 0.467 e. The summed E-state index contributed by atoms with van der Waals surface area (Å²) in [6.45, 7) is 0.629. The van der Waals surface area contributed by atoms with Crippen molar-refractivity contribution in [2.24, 2.45) is 0 Å². The number of fused-ring (bicyclic) bond motifs is 1. The molecule has 0 aliphatic rings. The van der Waals surface area contributed by atoms with Crippen molar-refractivity contribution >= 4 is 28.3 Å². The Morgan fingerprint density at radius 3 is 2.79 bits per heavy atom. The molecule has 0 fully saturated rings. The highest BCUT2D eigenvalue weighted by atomic mass is 35.5. The molecule has 2 aromatic heterocycles. The van der Waals surface area contributed by atoms with Crippen molar-refractivity contribution in [2.75, 3.05) is 11.9 Å². The van der Waals surface area contributed by atoms with E-state index in [1.165, 1.54) is 0 Å². The van der Waals surface area contributed by atoms with Gasteiger partial charge in [0.15, 0.2) is 0 Å². The van der Waals surface area contributed by atoms with Crippen molar-refractivity contribution < 1.29 is 4.42 Å². The SMILES string of the molecule is CN(Cc1ccco1)c1nc(Cl)nc2ccccc12. The van der Waals surface area contributed by atoms with E-state index >= 15 is 0 Å². The number of rotatable bonds is 3. The third kappa shape index (κ3) is 2.39. The first-order valence-corrected chi connectivity index (χ1v) is 6.27. The van der Waals surface area contributed by atoms with E-state index in [2.05, 4.69) is 9.97 Å². The highest BCUT2D eigenvalue weighted by Crippen LogP contribution is 2.25. The number of hydrogen-bond donors (Lipinski definition) is 0. The van der Waals surface area contributed by atoms with Crippen LogP contribution in [0.25, 0.3) is 10.9 Å². The van der Waals surface area contributed by atoms with E-state index in [9.17, 15) is 0 Å². The van der Waals surface area contributed by atoms with Gasteiger partial charge in [0.25, 0.3) is 0 Å². The van der Waals surface area contributed by atoms with Gasteiger partial charge in [0.1, 0.15) is 11.6 Å². The fourth-order valence-electron chi connectivity index (χ4n) is 2.03. The molecular weight excluding hydrogens is 262 g/mol. The molecule has 19 heavy (non-hydrogen) atoms. The molecule has 0 amide bonds. The molecule has 0 saturated heterocycles. The number of para-hydroxylation sites is 1. The lowest BCUT2D eigenvalue weighted by molar-refractivity contribution is 0.507. The van der Waals surface area contributed by atoms with Crippen LogP contribution in [0.1, 0.15) is 5.76 Å². The summed E-state index contributed by atoms with van der Waals surface area (Å²) < 4.78 is 5.35. The lowest BCUT2D eigenvalue weighted by atomic mass is 10.2. The van der Waals surface area contributed by atoms with Crippen molar-refractivity contribution in [3.63, 3.8) is 0 Å². The molecule has 0 spiro atoms. The Morgan fingerprint density at radius 1 is 1.16 bits per heavy atom. The molecule has 3 rings (SSSR count). The second kappa shape index (κ2) is 4.90. The van der Waals surface area contributed by atoms with Crippen LogP contribution in [0.5, 0.6) is 0 Å². The van der Waals surface area contributed by atoms with Gasteiger partial charge in [-0.25, -0.2) is 4.98 Å². The lowest BCUT2D eigenvalue weighted by Crippen LogP contribution is -2.18. The number of furan rings is 1. The molecule has 2 heterocycles. The van der Waals surface area contributed by atoms with Crippen LogP contribution in [0.15, 0.2) is 47.1 Å². The van der Waals surface area contributed by atoms with Crippen LogP contribution in [-0.4, -0.2) is 17.0 Å². The summed E-state index contributed by atoms with van der Waals surface area (Å²) in [4.78, 5) is 10.5. The minimum Gasteiger partial charge on any atom is -0.467 e. The van der Waals surface area contributed by atoms with Crippen LogP contribution >= 0.6 is 11.6 Å². The smallest absolute Gasteiger partial charge is 0.224 e. The van der Waals surface area contributed by atoms with Gasteiger partial charge in [-0.1, -0.05) is 12.1 Å². The highest BCUT2D eigenvalue weighted by Gasteiger charge is 2.11. The first-order chi connectivity index (χ1) is 9.24. The van der Waals surface area contributed by atoms with Crippen molar-refractivity contribution in [1.82, 2.24) is 9.97 Å². The van der Waals surface area contributed by atoms with Gasteiger partial charge in [-0.2, -0.15) is 4.98 Å². The number of anilines is 1. The molecule has 4 nitrogen and oxygen atoms in total. The number of hydrogen-bond acceptors (Lipinski definition) is 4. The van der Waals surface area contributed by atoms with Gasteiger partial charge in [0.05, 0.1) is 18.3 Å². The summed E-state index contributed by atoms with van der Waals surface area (Å²) in [7, 11) is 1.95. The molecule has 0 radical (unpaired) electrons. The minimum atomic E-state index is 0.250. The molecule has 96 valence electrons. The molecule has 1 aromatic carbocycles. The average Bonchev–Trinajstić information content (AvgIpc) is 2.90. The van der Waals surface area contributed by atoms with Gasteiger partial charge >= 0.3 is 0 Å². The van der Waals surface area contributed by atoms with Crippen LogP contribution in [0, 0.1) is 0 Å². The summed E-state index contributed by atoms with van der Waals surface area (Å²) in [6, 6.07) is 11.6. The van der Waals surface area contributed by atoms with E-state index in [1.807, 2.05) is 48.3 Å². The van der Waals surface area contributed by atoms with Crippen molar-refractivity contribution in [2.45, 2.75) is 6.54 Å². The Kier molecular flexibility index (Phi) is 3.09. The summed E-state index contributed by atoms with van der Waals surface area (Å²) in [5, 5.41) is 1.22. The lowest BCUT2D eigenvalue weighted by Gasteiger charge is -2.18. The van der Waals surface area contributed by atoms with Gasteiger partial charge in [-0.05, 0) is 35.9 Å². The molecule has 0 aliphatic heterocycles. The normalized spacial score (nSPS) is 10.8. The minimum absolute atomic E-state index is 0.250. The fraction of sp³-hybridized carbons (Fsp3) is 0.143. The monoisotopic (exact) mass is 273 g/mol. The Balaban J connectivity index is 2.03. The third-order valence-corrected chi connectivity index (χ3v) is 3.06. The van der Waals surface area contributed by atoms with Gasteiger partial charge < -0.3 is 9.32 Å². The fourth-order valence-corrected chi connectivity index (χ4v) is 2.21. The van der Waals surface area contributed by atoms with E-state index in [1.54, 1.807) is 6.26 Å². The van der Waals surface area contributed by atoms with Crippen LogP contribution in [0.4, 0.5) is 5.82 Å². The molecular formula is C14H12ClN3O. The van der Waals surface area contributed by atoms with Gasteiger partial charge in [-0.15, -0.1) is 0 Å². The van der Waals surface area contributed by atoms with E-state index in [-0.39, 0.29) is 5.28 Å². The Morgan fingerprint density at radius 2 is 2.00 bits per heavy atom. The first kappa shape index (κ1) is 12.0. The van der Waals surface area contributed by atoms with Gasteiger partial charge in [0.2, 0.25) is 5.28 Å². The number of aromatic nitrogens is 2. The highest BCUT2D eigenvalue weighted by molar-refractivity contribution is 6.28. The first-order valence-electron chi connectivity index (χ1n) is 5.90. The maximum Gasteiger partial charge on any atom is 0.224 e. The molecule has 0 saturated carbocycles. The van der Waals surface area contributed by atoms with E-state index in [0.29, 0.717) is 6.54 Å². The van der Waals surface area contributed by atoms with Crippen LogP contribution in [0.2, 0.25) is 5.28 Å². The molecule has 0 N–H and O–H groups in total. The number of benzene rings is 1. The molecule has 5 heteroatoms. The third-order valence-electron chi connectivity index (χ3n) is 2.89. The average molecular weight is 274 g/mol. The van der Waals surface area contributed by atoms with Crippen LogP contribution < -0.4 is 4.90 Å². The summed E-state index contributed by atoms with van der Waals surface area (Å²) in [5.74, 6) is 1.67. The molecule has 3 aromatic rings. The quantitative estimate of drug-likeness (QED) is 0.685. The zero-order valence-corrected chi connectivity index (χ0v) is 11.1. The Labute approximate surface area is 115 Å². The number of nitrogens with zero attached hydrogens (tertiary/aromatic N) is 3. The zero-order valence-electron chi connectivity index (χ0n) is 10.4. The van der Waals surface area contributed by atoms with Crippen molar-refractivity contribution in [3.05, 3.63) is 53.7 Å². The molecule has 0 atom stereocenters. The zero-order chi connectivity index (χ0) is 13.2. The molecule has 0 bridgehead atoms. The van der Waals surface area contributed by atoms with Crippen molar-refractivity contribution in [3.8, 4) is 0 Å². The van der Waals surface area contributed by atoms with E-state index < -0.39 is 0 Å². The van der Waals surface area contributed by atoms with Crippen LogP contribution in [-0.2, 0) is 6.54 Å². The summed E-state index contributed by atoms with van der Waals surface area (Å²) in [5.41, 5.74) is 0.837. The van der Waals surface area contributed by atoms with Gasteiger partial charge in [0, 0.05) is 12.4 Å². The maximum absolute atomic E-state index is 5.98. The Bertz CT molecular complexity index is 697. The van der Waals surface area contributed by atoms with E-state index in [0.717, 1.165) is 22.5 Å². The topological polar surface area (TPSA) is 42.2 Å². The Hall–Kier alpha value is -2.07. The second-order valence-electron chi connectivity index (χ2n) is 4.27. The summed E-state index contributed by atoms with van der Waals surface area (Å²) >= 11 is 5.98. The van der Waals surface area contributed by atoms with Crippen molar-refractivity contribution in [1.29, 1.82) is 0 Å². The standard InChI is InChI=1S/C14H12ClN3O/c1-18(9-10-5-4-8-19-10)13-11-6-2-3-7-12(11)16-14(15)17-13/h2-8H,9H2,1H3. The maximum atomic E-state index is 5.98. The number of halogens is 1. The predicted molar refractivity (Wildman–Crippen MR) is 75.4 cm³/mol. The predicted octanol–water partition coefficient (Wildman–Crippen LogP) is 3.51. The summed E-state index contributed by atoms with van der Waals surface area (Å²) in [6.07, 6.45) is 1.66. The van der Waals surface area contributed by atoms with Gasteiger partial charge in [-0.3, -0.25) is 0 Å². The molecule has 0 unspecified atom stereocenters. The second-order valence-corrected chi connectivity index (χ2v) is 4.61. The van der Waals surface area contributed by atoms with Crippen LogP contribution in [0.3, 0.4) is 0 Å². The van der Waals surface area contributed by atoms with E-state index in [4.69, 9.17) is 16.0 Å². The molecule has 0 aliphatic carbocycles.